The molecule has 0 spiro atoms. The molecule has 3 nitrogen and oxygen atoms in total. The van der Waals surface area contributed by atoms with Crippen LogP contribution in [0, 0.1) is 0 Å². The van der Waals surface area contributed by atoms with E-state index in [1.165, 1.54) is 30.8 Å². The summed E-state index contributed by atoms with van der Waals surface area (Å²) < 4.78 is 0. The number of nitrogens with one attached hydrogen (secondary N) is 1. The summed E-state index contributed by atoms with van der Waals surface area (Å²) in [6, 6.07) is 10.5. The third kappa shape index (κ3) is 4.93. The Balaban J connectivity index is 1.65. The van der Waals surface area contributed by atoms with Crippen molar-refractivity contribution in [1.29, 1.82) is 0 Å². The SMILES string of the molecule is CN(CCCNC1=NCCCCC1)c1ccccc1. The normalized spacial score (nSPS) is 15.5. The molecule has 2 rings (SSSR count). The number of hydrogen-bond donors (Lipinski definition) is 1. The lowest BCUT2D eigenvalue weighted by molar-refractivity contribution is 0.721. The van der Waals surface area contributed by atoms with E-state index < -0.39 is 0 Å². The van der Waals surface area contributed by atoms with E-state index in [1.807, 2.05) is 0 Å². The lowest BCUT2D eigenvalue weighted by atomic mass is 10.2. The molecule has 0 atom stereocenters. The smallest absolute Gasteiger partial charge is 0.0963 e. The van der Waals surface area contributed by atoms with Crippen molar-refractivity contribution in [3.8, 4) is 0 Å². The van der Waals surface area contributed by atoms with Crippen molar-refractivity contribution in [3.05, 3.63) is 30.3 Å². The fourth-order valence-corrected chi connectivity index (χ4v) is 2.38. The molecule has 0 aliphatic carbocycles. The van der Waals surface area contributed by atoms with Crippen LogP contribution in [0.2, 0.25) is 0 Å². The van der Waals surface area contributed by atoms with Gasteiger partial charge in [-0.05, 0) is 31.4 Å². The fraction of sp³-hybridized carbons (Fsp3) is 0.562. The summed E-state index contributed by atoms with van der Waals surface area (Å²) in [6.45, 7) is 3.10. The molecule has 1 aliphatic heterocycles. The molecule has 0 fully saturated rings. The first-order valence-electron chi connectivity index (χ1n) is 7.39. The Hall–Kier alpha value is -1.51. The van der Waals surface area contributed by atoms with Crippen LogP contribution in [-0.2, 0) is 0 Å². The summed E-state index contributed by atoms with van der Waals surface area (Å²) >= 11 is 0. The van der Waals surface area contributed by atoms with Crippen molar-refractivity contribution < 1.29 is 0 Å². The third-order valence-electron chi connectivity index (χ3n) is 3.57. The zero-order valence-corrected chi connectivity index (χ0v) is 11.9. The highest BCUT2D eigenvalue weighted by Crippen LogP contribution is 2.11. The van der Waals surface area contributed by atoms with E-state index in [0.29, 0.717) is 0 Å². The summed E-state index contributed by atoms with van der Waals surface area (Å²) in [7, 11) is 2.15. The molecule has 104 valence electrons. The van der Waals surface area contributed by atoms with Crippen molar-refractivity contribution in [2.45, 2.75) is 32.1 Å². The zero-order chi connectivity index (χ0) is 13.3. The van der Waals surface area contributed by atoms with Crippen molar-refractivity contribution in [2.24, 2.45) is 4.99 Å². The van der Waals surface area contributed by atoms with E-state index in [4.69, 9.17) is 0 Å². The van der Waals surface area contributed by atoms with Gasteiger partial charge in [-0.1, -0.05) is 24.6 Å². The molecule has 0 aromatic heterocycles. The number of nitrogens with zero attached hydrogens (tertiary/aromatic N) is 2. The Morgan fingerprint density at radius 1 is 1.16 bits per heavy atom. The van der Waals surface area contributed by atoms with Gasteiger partial charge < -0.3 is 10.2 Å². The molecule has 1 N–H and O–H groups in total. The average Bonchev–Trinajstić information content (AvgIpc) is 2.73. The highest BCUT2D eigenvalue weighted by Gasteiger charge is 2.04. The first-order chi connectivity index (χ1) is 9.36. The quantitative estimate of drug-likeness (QED) is 0.823. The van der Waals surface area contributed by atoms with Crippen molar-refractivity contribution in [1.82, 2.24) is 5.32 Å². The van der Waals surface area contributed by atoms with Crippen molar-refractivity contribution in [2.75, 3.05) is 31.6 Å². The number of benzene rings is 1. The van der Waals surface area contributed by atoms with Gasteiger partial charge in [-0.25, -0.2) is 0 Å². The third-order valence-corrected chi connectivity index (χ3v) is 3.57. The Kier molecular flexibility index (Phi) is 5.73. The van der Waals surface area contributed by atoms with Crippen molar-refractivity contribution >= 4 is 11.5 Å². The molecule has 1 aromatic rings. The first-order valence-corrected chi connectivity index (χ1v) is 7.39. The molecule has 0 unspecified atom stereocenters. The van der Waals surface area contributed by atoms with Gasteiger partial charge in [0.2, 0.25) is 0 Å². The van der Waals surface area contributed by atoms with Gasteiger partial charge in [0.15, 0.2) is 0 Å². The van der Waals surface area contributed by atoms with Crippen LogP contribution in [0.1, 0.15) is 32.1 Å². The monoisotopic (exact) mass is 259 g/mol. The molecule has 0 bridgehead atoms. The number of hydrogen-bond acceptors (Lipinski definition) is 3. The first kappa shape index (κ1) is 13.9. The minimum absolute atomic E-state index is 1.01. The van der Waals surface area contributed by atoms with E-state index in [9.17, 15) is 0 Å². The highest BCUT2D eigenvalue weighted by atomic mass is 15.1. The molecule has 19 heavy (non-hydrogen) atoms. The van der Waals surface area contributed by atoms with Crippen LogP contribution < -0.4 is 10.2 Å². The number of para-hydroxylation sites is 1. The van der Waals surface area contributed by atoms with Crippen LogP contribution in [0.3, 0.4) is 0 Å². The topological polar surface area (TPSA) is 27.6 Å². The van der Waals surface area contributed by atoms with Crippen LogP contribution in [0.25, 0.3) is 0 Å². The minimum atomic E-state index is 1.01. The van der Waals surface area contributed by atoms with E-state index in [2.05, 4.69) is 52.6 Å². The van der Waals surface area contributed by atoms with Gasteiger partial charge in [0.25, 0.3) is 0 Å². The number of anilines is 1. The Morgan fingerprint density at radius 3 is 2.84 bits per heavy atom. The Labute approximate surface area is 116 Å². The predicted octanol–water partition coefficient (Wildman–Crippen LogP) is 3.08. The maximum absolute atomic E-state index is 4.59. The average molecular weight is 259 g/mol. The molecule has 1 aliphatic rings. The van der Waals surface area contributed by atoms with E-state index in [0.717, 1.165) is 32.5 Å². The van der Waals surface area contributed by atoms with Crippen LogP contribution >= 0.6 is 0 Å². The van der Waals surface area contributed by atoms with Crippen LogP contribution in [0.5, 0.6) is 0 Å². The molecular formula is C16H25N3. The van der Waals surface area contributed by atoms with Gasteiger partial charge in [0, 0.05) is 38.8 Å². The van der Waals surface area contributed by atoms with Gasteiger partial charge in [-0.3, -0.25) is 4.99 Å². The summed E-state index contributed by atoms with van der Waals surface area (Å²) in [5.74, 6) is 1.22. The molecular weight excluding hydrogens is 234 g/mol. The van der Waals surface area contributed by atoms with E-state index in [1.54, 1.807) is 0 Å². The highest BCUT2D eigenvalue weighted by molar-refractivity contribution is 5.82. The summed E-state index contributed by atoms with van der Waals surface area (Å²) in [6.07, 6.45) is 6.14. The zero-order valence-electron chi connectivity index (χ0n) is 11.9. The van der Waals surface area contributed by atoms with Crippen LogP contribution in [-0.4, -0.2) is 32.5 Å². The predicted molar refractivity (Wildman–Crippen MR) is 83.1 cm³/mol. The Morgan fingerprint density at radius 2 is 2.00 bits per heavy atom. The molecule has 0 saturated heterocycles. The maximum Gasteiger partial charge on any atom is 0.0963 e. The molecule has 0 saturated carbocycles. The Bertz CT molecular complexity index is 386. The van der Waals surface area contributed by atoms with Crippen molar-refractivity contribution in [3.63, 3.8) is 0 Å². The number of aliphatic imine (C=N–C) groups is 1. The lowest BCUT2D eigenvalue weighted by Gasteiger charge is -2.19. The molecule has 0 amide bonds. The summed E-state index contributed by atoms with van der Waals surface area (Å²) in [4.78, 5) is 6.89. The molecule has 3 heteroatoms. The second kappa shape index (κ2) is 7.82. The van der Waals surface area contributed by atoms with Crippen LogP contribution in [0.15, 0.2) is 35.3 Å². The lowest BCUT2D eigenvalue weighted by Crippen LogP contribution is -2.28. The number of amidine groups is 1. The second-order valence-electron chi connectivity index (χ2n) is 5.18. The minimum Gasteiger partial charge on any atom is -0.375 e. The second-order valence-corrected chi connectivity index (χ2v) is 5.18. The van der Waals surface area contributed by atoms with Gasteiger partial charge in [0.05, 0.1) is 5.84 Å². The summed E-state index contributed by atoms with van der Waals surface area (Å²) in [5, 5.41) is 3.49. The standard InChI is InChI=1S/C16H25N3/c1-19(15-9-4-2-5-10-15)14-8-13-18-16-11-6-3-7-12-17-16/h2,4-5,9-10H,3,6-8,11-14H2,1H3,(H,17,18). The maximum atomic E-state index is 4.59. The van der Waals surface area contributed by atoms with E-state index in [-0.39, 0.29) is 0 Å². The van der Waals surface area contributed by atoms with Gasteiger partial charge in [0.1, 0.15) is 0 Å². The van der Waals surface area contributed by atoms with E-state index >= 15 is 0 Å². The summed E-state index contributed by atoms with van der Waals surface area (Å²) in [5.41, 5.74) is 1.29. The molecule has 1 aromatic carbocycles. The molecule has 0 radical (unpaired) electrons. The molecule has 1 heterocycles. The van der Waals surface area contributed by atoms with Crippen LogP contribution in [0.4, 0.5) is 5.69 Å². The van der Waals surface area contributed by atoms with Gasteiger partial charge in [-0.15, -0.1) is 0 Å². The van der Waals surface area contributed by atoms with Gasteiger partial charge in [-0.2, -0.15) is 0 Å². The fourth-order valence-electron chi connectivity index (χ4n) is 2.38. The largest absolute Gasteiger partial charge is 0.375 e. The number of rotatable bonds is 5. The van der Waals surface area contributed by atoms with Gasteiger partial charge >= 0.3 is 0 Å².